The van der Waals surface area contributed by atoms with Crippen molar-refractivity contribution in [3.05, 3.63) is 108 Å². The normalized spacial score (nSPS) is 15.4. The zero-order valence-corrected chi connectivity index (χ0v) is 22.0. The molecule has 7 nitrogen and oxygen atoms in total. The van der Waals surface area contributed by atoms with Crippen molar-refractivity contribution in [2.24, 2.45) is 0 Å². The lowest BCUT2D eigenvalue weighted by Crippen LogP contribution is -2.47. The van der Waals surface area contributed by atoms with Crippen molar-refractivity contribution in [3.8, 4) is 22.5 Å². The van der Waals surface area contributed by atoms with E-state index in [9.17, 15) is 9.59 Å². The van der Waals surface area contributed by atoms with Crippen LogP contribution in [0.1, 0.15) is 18.5 Å². The number of esters is 1. The molecular formula is C30H28N4O3S. The van der Waals surface area contributed by atoms with Gasteiger partial charge in [0.1, 0.15) is 0 Å². The number of carbonyl (C=O) groups is 2. The van der Waals surface area contributed by atoms with E-state index in [-0.39, 0.29) is 12.6 Å². The quantitative estimate of drug-likeness (QED) is 0.216. The monoisotopic (exact) mass is 524 g/mol. The average molecular weight is 525 g/mol. The molecule has 1 atom stereocenters. The molecule has 8 heteroatoms. The van der Waals surface area contributed by atoms with Crippen LogP contribution in [0, 0.1) is 0 Å². The predicted octanol–water partition coefficient (Wildman–Crippen LogP) is 6.05. The van der Waals surface area contributed by atoms with Crippen molar-refractivity contribution in [2.45, 2.75) is 18.1 Å². The molecule has 0 saturated carbocycles. The number of benzene rings is 3. The van der Waals surface area contributed by atoms with Crippen LogP contribution in [0.15, 0.2) is 107 Å². The van der Waals surface area contributed by atoms with Gasteiger partial charge in [0.25, 0.3) is 0 Å². The maximum absolute atomic E-state index is 13.2. The van der Waals surface area contributed by atoms with Crippen molar-refractivity contribution in [1.82, 2.24) is 20.2 Å². The van der Waals surface area contributed by atoms with E-state index in [2.05, 4.69) is 10.3 Å². The van der Waals surface area contributed by atoms with Gasteiger partial charge in [-0.05, 0) is 12.5 Å². The lowest BCUT2D eigenvalue weighted by molar-refractivity contribution is -0.139. The molecule has 4 aromatic rings. The molecule has 0 spiro atoms. The summed E-state index contributed by atoms with van der Waals surface area (Å²) < 4.78 is 5.43. The first kappa shape index (κ1) is 25.4. The third-order valence-corrected chi connectivity index (χ3v) is 7.23. The summed E-state index contributed by atoms with van der Waals surface area (Å²) in [5.74, 6) is -0.101. The lowest BCUT2D eigenvalue weighted by Gasteiger charge is -2.34. The third kappa shape index (κ3) is 5.21. The molecule has 1 aromatic heterocycles. The van der Waals surface area contributed by atoms with Gasteiger partial charge in [-0.3, -0.25) is 4.90 Å². The van der Waals surface area contributed by atoms with E-state index in [1.807, 2.05) is 91.0 Å². The molecule has 38 heavy (non-hydrogen) atoms. The minimum Gasteiger partial charge on any atom is -0.463 e. The number of hydrogen-bond donors (Lipinski definition) is 2. The first-order valence-corrected chi connectivity index (χ1v) is 13.4. The van der Waals surface area contributed by atoms with Crippen LogP contribution in [0.3, 0.4) is 0 Å². The number of nitrogens with zero attached hydrogens (tertiary/aromatic N) is 2. The predicted molar refractivity (Wildman–Crippen MR) is 149 cm³/mol. The number of urea groups is 1. The van der Waals surface area contributed by atoms with Crippen LogP contribution in [-0.4, -0.2) is 46.3 Å². The van der Waals surface area contributed by atoms with Crippen molar-refractivity contribution in [2.75, 3.05) is 19.4 Å². The first-order chi connectivity index (χ1) is 18.6. The van der Waals surface area contributed by atoms with E-state index < -0.39 is 12.0 Å². The van der Waals surface area contributed by atoms with E-state index in [1.54, 1.807) is 14.0 Å². The average Bonchev–Trinajstić information content (AvgIpc) is 3.39. The Morgan fingerprint density at radius 1 is 0.947 bits per heavy atom. The summed E-state index contributed by atoms with van der Waals surface area (Å²) >= 11 is 1.44. The van der Waals surface area contributed by atoms with Gasteiger partial charge < -0.3 is 15.0 Å². The molecule has 2 N–H and O–H groups in total. The summed E-state index contributed by atoms with van der Waals surface area (Å²) in [7, 11) is 1.67. The maximum Gasteiger partial charge on any atom is 0.338 e. The molecular weight excluding hydrogens is 496 g/mol. The van der Waals surface area contributed by atoms with Gasteiger partial charge in [0.05, 0.1) is 29.6 Å². The molecule has 1 aliphatic rings. The summed E-state index contributed by atoms with van der Waals surface area (Å²) in [6.45, 7) is 2.01. The number of nitrogens with one attached hydrogen (secondary N) is 2. The lowest BCUT2D eigenvalue weighted by atomic mass is 9.95. The number of rotatable bonds is 8. The molecule has 0 radical (unpaired) electrons. The largest absolute Gasteiger partial charge is 0.463 e. The summed E-state index contributed by atoms with van der Waals surface area (Å²) in [5, 5.41) is 3.64. The Kier molecular flexibility index (Phi) is 7.60. The van der Waals surface area contributed by atoms with Crippen molar-refractivity contribution < 1.29 is 14.3 Å². The number of aromatic nitrogens is 2. The standard InChI is InChI=1S/C30H28N4O3S/c1-3-37-28(35)24-23(34(2)30(36)33-25(24)20-13-7-4-8-14-20)19-38-29-31-26(21-15-9-5-10-16-21)27(32-29)22-17-11-6-12-18-22/h4-18,25H,3,19H2,1-2H3,(H,31,32)(H,33,36)/t25-/m1/s1. The number of aromatic amines is 1. The zero-order chi connectivity index (χ0) is 26.5. The fourth-order valence-corrected chi connectivity index (χ4v) is 5.40. The highest BCUT2D eigenvalue weighted by molar-refractivity contribution is 7.99. The maximum atomic E-state index is 13.2. The Hall–Kier alpha value is -4.30. The minimum atomic E-state index is -0.606. The molecule has 192 valence electrons. The fraction of sp³-hybridized carbons (Fsp3) is 0.167. The van der Waals surface area contributed by atoms with Crippen LogP contribution in [-0.2, 0) is 9.53 Å². The van der Waals surface area contributed by atoms with Crippen molar-refractivity contribution in [1.29, 1.82) is 0 Å². The molecule has 0 aliphatic carbocycles. The Bertz CT molecular complexity index is 1400. The van der Waals surface area contributed by atoms with Crippen molar-refractivity contribution >= 4 is 23.8 Å². The van der Waals surface area contributed by atoms with Crippen LogP contribution < -0.4 is 5.32 Å². The van der Waals surface area contributed by atoms with E-state index >= 15 is 0 Å². The second-order valence-electron chi connectivity index (χ2n) is 8.72. The van der Waals surface area contributed by atoms with Crippen LogP contribution in [0.5, 0.6) is 0 Å². The Morgan fingerprint density at radius 2 is 1.55 bits per heavy atom. The van der Waals surface area contributed by atoms with Crippen LogP contribution >= 0.6 is 11.8 Å². The highest BCUT2D eigenvalue weighted by atomic mass is 32.2. The highest BCUT2D eigenvalue weighted by Crippen LogP contribution is 2.36. The Morgan fingerprint density at radius 3 is 2.18 bits per heavy atom. The summed E-state index contributed by atoms with van der Waals surface area (Å²) in [4.78, 5) is 36.0. The second kappa shape index (κ2) is 11.4. The highest BCUT2D eigenvalue weighted by Gasteiger charge is 2.36. The van der Waals surface area contributed by atoms with Gasteiger partial charge in [0.2, 0.25) is 0 Å². The van der Waals surface area contributed by atoms with E-state index in [4.69, 9.17) is 9.72 Å². The minimum absolute atomic E-state index is 0.237. The van der Waals surface area contributed by atoms with Gasteiger partial charge in [-0.1, -0.05) is 103 Å². The van der Waals surface area contributed by atoms with E-state index in [0.29, 0.717) is 22.2 Å². The number of H-pyrrole nitrogens is 1. The number of ether oxygens (including phenoxy) is 1. The number of thioether (sulfide) groups is 1. The van der Waals surface area contributed by atoms with E-state index in [0.717, 1.165) is 28.1 Å². The number of carbonyl (C=O) groups excluding carboxylic acids is 2. The summed E-state index contributed by atoms with van der Waals surface area (Å²) in [6.07, 6.45) is 0. The van der Waals surface area contributed by atoms with Gasteiger partial charge in [-0.25, -0.2) is 14.6 Å². The smallest absolute Gasteiger partial charge is 0.338 e. The topological polar surface area (TPSA) is 87.3 Å². The molecule has 0 unspecified atom stereocenters. The molecule has 0 fully saturated rings. The van der Waals surface area contributed by atoms with Crippen LogP contribution in [0.2, 0.25) is 0 Å². The van der Waals surface area contributed by atoms with Crippen LogP contribution in [0.25, 0.3) is 22.5 Å². The van der Waals surface area contributed by atoms with Gasteiger partial charge in [0.15, 0.2) is 5.16 Å². The Labute approximate surface area is 225 Å². The zero-order valence-electron chi connectivity index (χ0n) is 21.2. The fourth-order valence-electron chi connectivity index (χ4n) is 4.45. The second-order valence-corrected chi connectivity index (χ2v) is 9.68. The van der Waals surface area contributed by atoms with Crippen molar-refractivity contribution in [3.63, 3.8) is 0 Å². The molecule has 0 bridgehead atoms. The molecule has 3 aromatic carbocycles. The molecule has 2 amide bonds. The van der Waals surface area contributed by atoms with E-state index in [1.165, 1.54) is 16.7 Å². The molecule has 5 rings (SSSR count). The van der Waals surface area contributed by atoms with Crippen LogP contribution in [0.4, 0.5) is 4.79 Å². The third-order valence-electron chi connectivity index (χ3n) is 6.34. The van der Waals surface area contributed by atoms with Gasteiger partial charge in [0, 0.05) is 29.6 Å². The summed E-state index contributed by atoms with van der Waals surface area (Å²) in [5.41, 5.74) is 5.60. The molecule has 0 saturated heterocycles. The number of imidazole rings is 1. The molecule has 1 aliphatic heterocycles. The first-order valence-electron chi connectivity index (χ1n) is 12.4. The Balaban J connectivity index is 1.53. The van der Waals surface area contributed by atoms with Gasteiger partial charge in [-0.2, -0.15) is 0 Å². The van der Waals surface area contributed by atoms with Gasteiger partial charge >= 0.3 is 12.0 Å². The SMILES string of the molecule is CCOC(=O)C1=C(CSc2nc(-c3ccccc3)c(-c3ccccc3)[nH]2)N(C)C(=O)N[C@@H]1c1ccccc1. The molecule has 2 heterocycles. The van der Waals surface area contributed by atoms with Gasteiger partial charge in [-0.15, -0.1) is 0 Å². The number of hydrogen-bond acceptors (Lipinski definition) is 5. The summed E-state index contributed by atoms with van der Waals surface area (Å²) in [6, 6.07) is 28.6. The number of amides is 2.